The first-order chi connectivity index (χ1) is 12.5. The minimum absolute atomic E-state index is 0.330. The molecule has 5 heteroatoms. The van der Waals surface area contributed by atoms with Gasteiger partial charge in [-0.25, -0.2) is 4.79 Å². The van der Waals surface area contributed by atoms with E-state index >= 15 is 0 Å². The van der Waals surface area contributed by atoms with E-state index in [2.05, 4.69) is 5.16 Å². The molecule has 0 aliphatic rings. The summed E-state index contributed by atoms with van der Waals surface area (Å²) >= 11 is 0. The third kappa shape index (κ3) is 3.77. The fourth-order valence-corrected chi connectivity index (χ4v) is 2.69. The smallest absolute Gasteiger partial charge is 0.343 e. The van der Waals surface area contributed by atoms with E-state index in [0.717, 1.165) is 28.1 Å². The second kappa shape index (κ2) is 7.44. The summed E-state index contributed by atoms with van der Waals surface area (Å²) in [5.41, 5.74) is 3.99. The Kier molecular flexibility index (Phi) is 5.07. The predicted octanol–water partition coefficient (Wildman–Crippen LogP) is 4.71. The van der Waals surface area contributed by atoms with Gasteiger partial charge >= 0.3 is 5.97 Å². The van der Waals surface area contributed by atoms with Gasteiger partial charge in [-0.05, 0) is 57.0 Å². The zero-order valence-electron chi connectivity index (χ0n) is 15.3. The van der Waals surface area contributed by atoms with Gasteiger partial charge < -0.3 is 14.0 Å². The number of benzene rings is 2. The molecule has 0 saturated carbocycles. The summed E-state index contributed by atoms with van der Waals surface area (Å²) in [6.45, 7) is 7.87. The average Bonchev–Trinajstić information content (AvgIpc) is 2.94. The number of carbonyl (C=O) groups is 1. The highest BCUT2D eigenvalue weighted by atomic mass is 16.5. The van der Waals surface area contributed by atoms with Crippen molar-refractivity contribution in [1.29, 1.82) is 0 Å². The first kappa shape index (κ1) is 17.7. The van der Waals surface area contributed by atoms with E-state index in [1.807, 2.05) is 45.9 Å². The molecule has 3 rings (SSSR count). The third-order valence-corrected chi connectivity index (χ3v) is 4.24. The molecule has 0 N–H and O–H groups in total. The number of hydrogen-bond donors (Lipinski definition) is 0. The van der Waals surface area contributed by atoms with E-state index in [9.17, 15) is 4.79 Å². The molecule has 0 fully saturated rings. The summed E-state index contributed by atoms with van der Waals surface area (Å²) in [4.78, 5) is 12.5. The molecule has 0 aliphatic heterocycles. The minimum Gasteiger partial charge on any atom is -0.489 e. The van der Waals surface area contributed by atoms with Crippen molar-refractivity contribution in [3.05, 3.63) is 76.2 Å². The van der Waals surface area contributed by atoms with Gasteiger partial charge in [0, 0.05) is 0 Å². The zero-order valence-corrected chi connectivity index (χ0v) is 15.3. The van der Waals surface area contributed by atoms with Gasteiger partial charge in [-0.2, -0.15) is 0 Å². The topological polar surface area (TPSA) is 61.6 Å². The Bertz CT molecular complexity index is 903. The van der Waals surface area contributed by atoms with Gasteiger partial charge in [-0.15, -0.1) is 0 Å². The molecule has 3 aromatic rings. The average molecular weight is 351 g/mol. The monoisotopic (exact) mass is 351 g/mol. The maximum absolute atomic E-state index is 12.5. The van der Waals surface area contributed by atoms with Gasteiger partial charge in [0.2, 0.25) is 0 Å². The van der Waals surface area contributed by atoms with Crippen LogP contribution in [0.4, 0.5) is 0 Å². The highest BCUT2D eigenvalue weighted by molar-refractivity contribution is 5.91. The van der Waals surface area contributed by atoms with Crippen LogP contribution in [0.1, 0.15) is 38.5 Å². The van der Waals surface area contributed by atoms with Gasteiger partial charge in [-0.3, -0.25) is 0 Å². The number of rotatable bonds is 5. The van der Waals surface area contributed by atoms with E-state index in [-0.39, 0.29) is 0 Å². The van der Waals surface area contributed by atoms with E-state index in [4.69, 9.17) is 14.0 Å². The molecule has 1 aromatic heterocycles. The fourth-order valence-electron chi connectivity index (χ4n) is 2.69. The number of esters is 1. The lowest BCUT2D eigenvalue weighted by Gasteiger charge is -2.11. The van der Waals surface area contributed by atoms with Crippen molar-refractivity contribution in [2.75, 3.05) is 0 Å². The molecule has 5 nitrogen and oxygen atoms in total. The third-order valence-electron chi connectivity index (χ3n) is 4.24. The number of aryl methyl sites for hydroxylation is 4. The molecule has 0 atom stereocenters. The SMILES string of the molecule is Cc1cccc(C)c1OC(=O)c1cccc(OCc2c(C)noc2C)c1. The molecule has 1 heterocycles. The Morgan fingerprint density at radius 3 is 2.38 bits per heavy atom. The molecule has 134 valence electrons. The Labute approximate surface area is 152 Å². The fraction of sp³-hybridized carbons (Fsp3) is 0.238. The van der Waals surface area contributed by atoms with Crippen LogP contribution in [0.25, 0.3) is 0 Å². The number of hydrogen-bond acceptors (Lipinski definition) is 5. The van der Waals surface area contributed by atoms with Crippen molar-refractivity contribution >= 4 is 5.97 Å². The Morgan fingerprint density at radius 1 is 1.04 bits per heavy atom. The van der Waals surface area contributed by atoms with E-state index in [0.29, 0.717) is 23.7 Å². The van der Waals surface area contributed by atoms with Crippen LogP contribution in [0.3, 0.4) is 0 Å². The number of para-hydroxylation sites is 1. The van der Waals surface area contributed by atoms with Crippen LogP contribution < -0.4 is 9.47 Å². The van der Waals surface area contributed by atoms with Crippen molar-refractivity contribution < 1.29 is 18.8 Å². The quantitative estimate of drug-likeness (QED) is 0.492. The molecule has 0 amide bonds. The van der Waals surface area contributed by atoms with Gasteiger partial charge in [0.1, 0.15) is 23.9 Å². The second-order valence-corrected chi connectivity index (χ2v) is 6.23. The zero-order chi connectivity index (χ0) is 18.7. The number of carbonyl (C=O) groups excluding carboxylic acids is 1. The van der Waals surface area contributed by atoms with Crippen molar-refractivity contribution in [3.63, 3.8) is 0 Å². The Morgan fingerprint density at radius 2 is 1.73 bits per heavy atom. The van der Waals surface area contributed by atoms with Crippen LogP contribution in [-0.2, 0) is 6.61 Å². The molecule has 0 saturated heterocycles. The summed E-state index contributed by atoms with van der Waals surface area (Å²) in [6, 6.07) is 12.7. The number of aromatic nitrogens is 1. The summed E-state index contributed by atoms with van der Waals surface area (Å²) in [6.07, 6.45) is 0. The predicted molar refractivity (Wildman–Crippen MR) is 97.6 cm³/mol. The van der Waals surface area contributed by atoms with Crippen molar-refractivity contribution in [1.82, 2.24) is 5.16 Å². The lowest BCUT2D eigenvalue weighted by molar-refractivity contribution is 0.0731. The van der Waals surface area contributed by atoms with Crippen LogP contribution >= 0.6 is 0 Å². The molecular weight excluding hydrogens is 330 g/mol. The summed E-state index contributed by atoms with van der Waals surface area (Å²) < 4.78 is 16.5. The summed E-state index contributed by atoms with van der Waals surface area (Å²) in [5.74, 6) is 1.50. The largest absolute Gasteiger partial charge is 0.489 e. The first-order valence-corrected chi connectivity index (χ1v) is 8.38. The van der Waals surface area contributed by atoms with Gasteiger partial charge in [0.05, 0.1) is 16.8 Å². The van der Waals surface area contributed by atoms with Crippen molar-refractivity contribution in [2.24, 2.45) is 0 Å². The molecule has 0 bridgehead atoms. The molecule has 2 aromatic carbocycles. The van der Waals surface area contributed by atoms with E-state index in [1.165, 1.54) is 0 Å². The first-order valence-electron chi connectivity index (χ1n) is 8.38. The molecule has 0 spiro atoms. The summed E-state index contributed by atoms with van der Waals surface area (Å²) in [7, 11) is 0. The standard InChI is InChI=1S/C21H21NO4/c1-13-7-5-8-14(2)20(13)25-21(23)17-9-6-10-18(11-17)24-12-19-15(3)22-26-16(19)4/h5-11H,12H2,1-4H3. The Balaban J connectivity index is 1.73. The summed E-state index contributed by atoms with van der Waals surface area (Å²) in [5, 5.41) is 3.91. The number of ether oxygens (including phenoxy) is 2. The van der Waals surface area contributed by atoms with Gasteiger partial charge in [0.25, 0.3) is 0 Å². The van der Waals surface area contributed by atoms with E-state index < -0.39 is 5.97 Å². The molecule has 0 aliphatic carbocycles. The van der Waals surface area contributed by atoms with Gasteiger partial charge in [0.15, 0.2) is 0 Å². The maximum atomic E-state index is 12.5. The lowest BCUT2D eigenvalue weighted by Crippen LogP contribution is -2.10. The van der Waals surface area contributed by atoms with Crippen LogP contribution in [-0.4, -0.2) is 11.1 Å². The molecule has 0 unspecified atom stereocenters. The van der Waals surface area contributed by atoms with Crippen LogP contribution in [0.5, 0.6) is 11.5 Å². The Hall–Kier alpha value is -3.08. The van der Waals surface area contributed by atoms with Crippen molar-refractivity contribution in [2.45, 2.75) is 34.3 Å². The van der Waals surface area contributed by atoms with E-state index in [1.54, 1.807) is 24.3 Å². The highest BCUT2D eigenvalue weighted by Crippen LogP contribution is 2.24. The highest BCUT2D eigenvalue weighted by Gasteiger charge is 2.14. The maximum Gasteiger partial charge on any atom is 0.343 e. The minimum atomic E-state index is -0.412. The molecule has 26 heavy (non-hydrogen) atoms. The van der Waals surface area contributed by atoms with Crippen LogP contribution in [0.2, 0.25) is 0 Å². The molecule has 0 radical (unpaired) electrons. The number of nitrogens with zero attached hydrogens (tertiary/aromatic N) is 1. The van der Waals surface area contributed by atoms with Crippen LogP contribution in [0.15, 0.2) is 47.0 Å². The molecular formula is C21H21NO4. The van der Waals surface area contributed by atoms with Gasteiger partial charge in [-0.1, -0.05) is 29.4 Å². The lowest BCUT2D eigenvalue weighted by atomic mass is 10.1. The normalized spacial score (nSPS) is 10.6. The second-order valence-electron chi connectivity index (χ2n) is 6.23. The van der Waals surface area contributed by atoms with Crippen LogP contribution in [0, 0.1) is 27.7 Å². The van der Waals surface area contributed by atoms with Crippen molar-refractivity contribution in [3.8, 4) is 11.5 Å².